The molecule has 0 amide bonds. The topological polar surface area (TPSA) is 38.0 Å². The van der Waals surface area contributed by atoms with Crippen LogP contribution in [0.4, 0.5) is 11.4 Å². The van der Waals surface area contributed by atoms with Crippen LogP contribution in [0.25, 0.3) is 0 Å². The van der Waals surface area contributed by atoms with Gasteiger partial charge in [0, 0.05) is 32.9 Å². The average molecular weight is 283 g/mol. The Kier molecular flexibility index (Phi) is 4.48. The van der Waals surface area contributed by atoms with Gasteiger partial charge in [0.25, 0.3) is 0 Å². The second-order valence-corrected chi connectivity index (χ2v) is 5.82. The molecule has 5 heteroatoms. The first-order valence-corrected chi connectivity index (χ1v) is 7.47. The molecular weight excluding hydrogens is 272 g/mol. The van der Waals surface area contributed by atoms with Gasteiger partial charge in [0.1, 0.15) is 0 Å². The van der Waals surface area contributed by atoms with E-state index < -0.39 is 0 Å². The number of halogens is 1. The fourth-order valence-corrected chi connectivity index (χ4v) is 3.25. The van der Waals surface area contributed by atoms with E-state index in [9.17, 15) is 0 Å². The molecule has 0 heterocycles. The lowest BCUT2D eigenvalue weighted by Gasteiger charge is -2.03. The minimum atomic E-state index is 0.789. The number of rotatable bonds is 4. The summed E-state index contributed by atoms with van der Waals surface area (Å²) in [5.41, 5.74) is 7.32. The van der Waals surface area contributed by atoms with Gasteiger partial charge in [-0.15, -0.1) is 0 Å². The Hall–Kier alpha value is -0.970. The summed E-state index contributed by atoms with van der Waals surface area (Å²) in [5.74, 6) is 0. The van der Waals surface area contributed by atoms with E-state index in [0.717, 1.165) is 11.4 Å². The van der Waals surface area contributed by atoms with Crippen molar-refractivity contribution in [3.05, 3.63) is 48.5 Å². The molecule has 0 radical (unpaired) electrons. The van der Waals surface area contributed by atoms with Crippen LogP contribution in [-0.2, 0) is 0 Å². The number of hydrogen-bond donors (Lipinski definition) is 2. The van der Waals surface area contributed by atoms with Gasteiger partial charge in [-0.05, 0) is 48.5 Å². The van der Waals surface area contributed by atoms with E-state index in [1.165, 1.54) is 9.79 Å². The SMILES string of the molecule is Nc1ccc(SSc2ccc(NCl)cc2)cc1. The van der Waals surface area contributed by atoms with Gasteiger partial charge in [-0.3, -0.25) is 4.84 Å². The fourth-order valence-electron chi connectivity index (χ4n) is 1.19. The zero-order chi connectivity index (χ0) is 12.1. The number of benzene rings is 2. The van der Waals surface area contributed by atoms with Gasteiger partial charge in [0.2, 0.25) is 0 Å². The highest BCUT2D eigenvalue weighted by molar-refractivity contribution is 8.76. The second kappa shape index (κ2) is 6.10. The maximum atomic E-state index is 5.63. The van der Waals surface area contributed by atoms with Crippen LogP contribution < -0.4 is 10.6 Å². The summed E-state index contributed by atoms with van der Waals surface area (Å²) in [5, 5.41) is 0. The molecule has 2 aromatic carbocycles. The van der Waals surface area contributed by atoms with Gasteiger partial charge >= 0.3 is 0 Å². The van der Waals surface area contributed by atoms with Crippen molar-refractivity contribution in [2.75, 3.05) is 10.6 Å². The molecule has 17 heavy (non-hydrogen) atoms. The Morgan fingerprint density at radius 1 is 0.824 bits per heavy atom. The fraction of sp³-hybridized carbons (Fsp3) is 0. The summed E-state index contributed by atoms with van der Waals surface area (Å²) >= 11 is 5.49. The molecule has 3 N–H and O–H groups in total. The number of hydrogen-bond acceptors (Lipinski definition) is 4. The van der Waals surface area contributed by atoms with Crippen molar-refractivity contribution in [3.8, 4) is 0 Å². The minimum absolute atomic E-state index is 0.789. The zero-order valence-electron chi connectivity index (χ0n) is 8.89. The third-order valence-electron chi connectivity index (χ3n) is 2.08. The summed E-state index contributed by atoms with van der Waals surface area (Å²) in [6, 6.07) is 15.8. The lowest BCUT2D eigenvalue weighted by molar-refractivity contribution is 1.46. The highest BCUT2D eigenvalue weighted by Gasteiger charge is 1.98. The molecule has 0 aliphatic rings. The average Bonchev–Trinajstić information content (AvgIpc) is 2.39. The first-order chi connectivity index (χ1) is 8.28. The molecule has 2 rings (SSSR count). The lowest BCUT2D eigenvalue weighted by atomic mass is 10.3. The van der Waals surface area contributed by atoms with Crippen LogP contribution in [-0.4, -0.2) is 0 Å². The molecular formula is C12H11ClN2S2. The zero-order valence-corrected chi connectivity index (χ0v) is 11.3. The standard InChI is InChI=1S/C12H11ClN2S2/c13-15-10-3-7-12(8-4-10)17-16-11-5-1-9(14)2-6-11/h1-8,15H,14H2. The summed E-state index contributed by atoms with van der Waals surface area (Å²) in [7, 11) is 3.41. The van der Waals surface area contributed by atoms with E-state index in [1.807, 2.05) is 48.5 Å². The van der Waals surface area contributed by atoms with Gasteiger partial charge in [-0.25, -0.2) is 0 Å². The van der Waals surface area contributed by atoms with Crippen molar-refractivity contribution < 1.29 is 0 Å². The molecule has 2 aromatic rings. The van der Waals surface area contributed by atoms with Crippen molar-refractivity contribution in [2.24, 2.45) is 0 Å². The van der Waals surface area contributed by atoms with Gasteiger partial charge < -0.3 is 5.73 Å². The van der Waals surface area contributed by atoms with Crippen LogP contribution in [0.2, 0.25) is 0 Å². The summed E-state index contributed by atoms with van der Waals surface area (Å²) < 4.78 is 0. The van der Waals surface area contributed by atoms with Crippen LogP contribution in [0.3, 0.4) is 0 Å². The predicted molar refractivity (Wildman–Crippen MR) is 78.5 cm³/mol. The van der Waals surface area contributed by atoms with Gasteiger partial charge in [-0.2, -0.15) is 0 Å². The summed E-state index contributed by atoms with van der Waals surface area (Å²) in [6.45, 7) is 0. The third kappa shape index (κ3) is 3.77. The molecule has 2 nitrogen and oxygen atoms in total. The molecule has 0 unspecified atom stereocenters. The molecule has 0 fully saturated rings. The van der Waals surface area contributed by atoms with Crippen molar-refractivity contribution in [2.45, 2.75) is 9.79 Å². The summed E-state index contributed by atoms with van der Waals surface area (Å²) in [6.07, 6.45) is 0. The molecule has 0 saturated heterocycles. The Morgan fingerprint density at radius 2 is 1.29 bits per heavy atom. The number of nitrogen functional groups attached to an aromatic ring is 1. The van der Waals surface area contributed by atoms with E-state index in [2.05, 4.69) is 4.84 Å². The van der Waals surface area contributed by atoms with Crippen LogP contribution in [0, 0.1) is 0 Å². The molecule has 0 spiro atoms. The monoisotopic (exact) mass is 282 g/mol. The van der Waals surface area contributed by atoms with Gasteiger partial charge in [-0.1, -0.05) is 21.6 Å². The summed E-state index contributed by atoms with van der Waals surface area (Å²) in [4.78, 5) is 4.94. The smallest absolute Gasteiger partial charge is 0.0492 e. The maximum Gasteiger partial charge on any atom is 0.0492 e. The minimum Gasteiger partial charge on any atom is -0.399 e. The van der Waals surface area contributed by atoms with Crippen LogP contribution in [0.1, 0.15) is 0 Å². The molecule has 0 aliphatic heterocycles. The van der Waals surface area contributed by atoms with E-state index >= 15 is 0 Å². The highest BCUT2D eigenvalue weighted by Crippen LogP contribution is 2.37. The van der Waals surface area contributed by atoms with Crippen molar-refractivity contribution in [3.63, 3.8) is 0 Å². The molecule has 0 bridgehead atoms. The van der Waals surface area contributed by atoms with E-state index in [1.54, 1.807) is 21.6 Å². The molecule has 0 aliphatic carbocycles. The quantitative estimate of drug-likeness (QED) is 0.487. The lowest BCUT2D eigenvalue weighted by Crippen LogP contribution is -1.81. The van der Waals surface area contributed by atoms with Crippen molar-refractivity contribution >= 4 is 44.7 Å². The second-order valence-electron chi connectivity index (χ2n) is 3.35. The van der Waals surface area contributed by atoms with E-state index in [-0.39, 0.29) is 0 Å². The van der Waals surface area contributed by atoms with Crippen molar-refractivity contribution in [1.29, 1.82) is 0 Å². The van der Waals surface area contributed by atoms with Crippen LogP contribution >= 0.6 is 33.4 Å². The number of nitrogens with one attached hydrogen (secondary N) is 1. The van der Waals surface area contributed by atoms with E-state index in [0.29, 0.717) is 0 Å². The number of nitrogens with two attached hydrogens (primary N) is 1. The largest absolute Gasteiger partial charge is 0.399 e. The van der Waals surface area contributed by atoms with Gasteiger partial charge in [0.15, 0.2) is 0 Å². The van der Waals surface area contributed by atoms with Gasteiger partial charge in [0.05, 0.1) is 0 Å². The number of anilines is 2. The molecule has 0 atom stereocenters. The van der Waals surface area contributed by atoms with Crippen molar-refractivity contribution in [1.82, 2.24) is 0 Å². The molecule has 0 saturated carbocycles. The predicted octanol–water partition coefficient (Wildman–Crippen LogP) is 4.63. The highest BCUT2D eigenvalue weighted by atomic mass is 35.5. The Bertz CT molecular complexity index is 471. The van der Waals surface area contributed by atoms with Crippen LogP contribution in [0.5, 0.6) is 0 Å². The first-order valence-electron chi connectivity index (χ1n) is 4.95. The van der Waals surface area contributed by atoms with Crippen LogP contribution in [0.15, 0.2) is 58.3 Å². The Balaban J connectivity index is 1.95. The Morgan fingerprint density at radius 3 is 1.76 bits per heavy atom. The van der Waals surface area contributed by atoms with E-state index in [4.69, 9.17) is 17.5 Å². The normalized spacial score (nSPS) is 10.2. The molecule has 88 valence electrons. The Labute approximate surface area is 113 Å². The first kappa shape index (κ1) is 12.5. The molecule has 0 aromatic heterocycles. The maximum absolute atomic E-state index is 5.63. The third-order valence-corrected chi connectivity index (χ3v) is 4.71.